The summed E-state index contributed by atoms with van der Waals surface area (Å²) in [6.45, 7) is 4.14. The highest BCUT2D eigenvalue weighted by Gasteiger charge is 2.12. The van der Waals surface area contributed by atoms with E-state index in [4.69, 9.17) is 9.47 Å². The zero-order valence-corrected chi connectivity index (χ0v) is 13.5. The van der Waals surface area contributed by atoms with Crippen LogP contribution in [0.5, 0.6) is 0 Å². The predicted octanol–water partition coefficient (Wildman–Crippen LogP) is 2.46. The molecule has 0 aromatic heterocycles. The van der Waals surface area contributed by atoms with Crippen LogP contribution >= 0.6 is 0 Å². The van der Waals surface area contributed by atoms with Gasteiger partial charge in [-0.1, -0.05) is 44.2 Å². The molecule has 0 fully saturated rings. The Labute approximate surface area is 136 Å². The van der Waals surface area contributed by atoms with Gasteiger partial charge < -0.3 is 14.8 Å². The highest BCUT2D eigenvalue weighted by molar-refractivity contribution is 5.95. The zero-order valence-electron chi connectivity index (χ0n) is 13.5. The second-order valence-corrected chi connectivity index (χ2v) is 5.52. The molecule has 1 aromatic carbocycles. The second-order valence-electron chi connectivity index (χ2n) is 5.52. The molecule has 1 rings (SSSR count). The van der Waals surface area contributed by atoms with Crippen molar-refractivity contribution in [2.45, 2.75) is 33.3 Å². The van der Waals surface area contributed by atoms with E-state index in [1.54, 1.807) is 0 Å². The molecule has 0 saturated carbocycles. The number of carbonyl (C=O) groups excluding carboxylic acids is 3. The van der Waals surface area contributed by atoms with Crippen LogP contribution in [0.2, 0.25) is 0 Å². The molecule has 6 heteroatoms. The van der Waals surface area contributed by atoms with Crippen molar-refractivity contribution in [3.8, 4) is 0 Å². The summed E-state index contributed by atoms with van der Waals surface area (Å²) in [6.07, 6.45) is -0.448. The third-order valence-electron chi connectivity index (χ3n) is 2.82. The van der Waals surface area contributed by atoms with Crippen LogP contribution in [0.3, 0.4) is 0 Å². The summed E-state index contributed by atoms with van der Waals surface area (Å²) in [5.41, 5.74) is 0.887. The molecule has 0 unspecified atom stereocenters. The average Bonchev–Trinajstić information content (AvgIpc) is 2.49. The normalized spacial score (nSPS) is 10.2. The van der Waals surface area contributed by atoms with Crippen LogP contribution in [0.1, 0.15) is 32.3 Å². The van der Waals surface area contributed by atoms with Gasteiger partial charge in [0.2, 0.25) is 0 Å². The third-order valence-corrected chi connectivity index (χ3v) is 2.82. The summed E-state index contributed by atoms with van der Waals surface area (Å²) >= 11 is 0. The highest BCUT2D eigenvalue weighted by Crippen LogP contribution is 2.03. The van der Waals surface area contributed by atoms with E-state index in [1.807, 2.05) is 44.2 Å². The smallest absolute Gasteiger partial charge is 0.407 e. The van der Waals surface area contributed by atoms with Gasteiger partial charge in [0.25, 0.3) is 0 Å². The van der Waals surface area contributed by atoms with Crippen LogP contribution in [0.4, 0.5) is 4.79 Å². The molecular formula is C17H23NO5. The Kier molecular flexibility index (Phi) is 8.42. The average molecular weight is 321 g/mol. The molecule has 0 atom stereocenters. The summed E-state index contributed by atoms with van der Waals surface area (Å²) in [5, 5.41) is 2.47. The lowest BCUT2D eigenvalue weighted by atomic mass is 10.1. The number of ether oxygens (including phenoxy) is 2. The molecule has 0 heterocycles. The molecule has 0 radical (unpaired) electrons. The lowest BCUT2D eigenvalue weighted by Crippen LogP contribution is -2.28. The second kappa shape index (κ2) is 10.4. The minimum absolute atomic E-state index is 0.00816. The van der Waals surface area contributed by atoms with E-state index in [-0.39, 0.29) is 37.9 Å². The minimum atomic E-state index is -0.583. The van der Waals surface area contributed by atoms with Gasteiger partial charge in [-0.3, -0.25) is 9.59 Å². The summed E-state index contributed by atoms with van der Waals surface area (Å²) in [5.74, 6) is -0.494. The molecule has 1 aromatic rings. The topological polar surface area (TPSA) is 81.7 Å². The van der Waals surface area contributed by atoms with E-state index in [1.165, 1.54) is 0 Å². The van der Waals surface area contributed by atoms with Crippen LogP contribution in [0.25, 0.3) is 0 Å². The lowest BCUT2D eigenvalue weighted by molar-refractivity contribution is -0.146. The van der Waals surface area contributed by atoms with E-state index in [0.717, 1.165) is 5.56 Å². The predicted molar refractivity (Wildman–Crippen MR) is 84.7 cm³/mol. The number of nitrogens with one attached hydrogen (secondary N) is 1. The molecule has 6 nitrogen and oxygen atoms in total. The molecule has 1 amide bonds. The van der Waals surface area contributed by atoms with E-state index >= 15 is 0 Å². The quantitative estimate of drug-likeness (QED) is 0.429. The van der Waals surface area contributed by atoms with Gasteiger partial charge in [-0.05, 0) is 11.5 Å². The SMILES string of the molecule is CC(C)CC(=O)CC(=O)OCCNC(=O)OCc1ccccc1. The first-order valence-corrected chi connectivity index (χ1v) is 7.59. The van der Waals surface area contributed by atoms with Gasteiger partial charge in [-0.15, -0.1) is 0 Å². The number of hydrogen-bond donors (Lipinski definition) is 1. The number of ketones is 1. The minimum Gasteiger partial charge on any atom is -0.463 e. The Morgan fingerprint density at radius 1 is 1.09 bits per heavy atom. The fourth-order valence-electron chi connectivity index (χ4n) is 1.83. The summed E-state index contributed by atoms with van der Waals surface area (Å²) < 4.78 is 9.88. The van der Waals surface area contributed by atoms with Crippen LogP contribution in [0, 0.1) is 5.92 Å². The van der Waals surface area contributed by atoms with Gasteiger partial charge in [0.1, 0.15) is 25.4 Å². The van der Waals surface area contributed by atoms with Crippen molar-refractivity contribution in [1.82, 2.24) is 5.32 Å². The number of rotatable bonds is 9. The van der Waals surface area contributed by atoms with Crippen LogP contribution < -0.4 is 5.32 Å². The van der Waals surface area contributed by atoms with E-state index < -0.39 is 12.1 Å². The molecule has 126 valence electrons. The molecule has 0 aliphatic rings. The van der Waals surface area contributed by atoms with Gasteiger partial charge >= 0.3 is 12.1 Å². The van der Waals surface area contributed by atoms with E-state index in [2.05, 4.69) is 5.32 Å². The molecule has 1 N–H and O–H groups in total. The first kappa shape index (κ1) is 18.7. The van der Waals surface area contributed by atoms with Crippen molar-refractivity contribution in [2.75, 3.05) is 13.2 Å². The Balaban J connectivity index is 2.08. The van der Waals surface area contributed by atoms with Crippen molar-refractivity contribution < 1.29 is 23.9 Å². The highest BCUT2D eigenvalue weighted by atomic mass is 16.6. The maximum Gasteiger partial charge on any atom is 0.407 e. The zero-order chi connectivity index (χ0) is 17.1. The first-order valence-electron chi connectivity index (χ1n) is 7.59. The van der Waals surface area contributed by atoms with Crippen LogP contribution in [-0.4, -0.2) is 31.0 Å². The van der Waals surface area contributed by atoms with E-state index in [9.17, 15) is 14.4 Å². The number of Topliss-reactive ketones (excluding diaryl/α,β-unsaturated/α-hetero) is 1. The van der Waals surface area contributed by atoms with Gasteiger partial charge in [-0.2, -0.15) is 0 Å². The van der Waals surface area contributed by atoms with Crippen molar-refractivity contribution in [2.24, 2.45) is 5.92 Å². The monoisotopic (exact) mass is 321 g/mol. The Hall–Kier alpha value is -2.37. The number of hydrogen-bond acceptors (Lipinski definition) is 5. The van der Waals surface area contributed by atoms with Gasteiger partial charge in [-0.25, -0.2) is 4.79 Å². The number of benzene rings is 1. The van der Waals surface area contributed by atoms with Crippen molar-refractivity contribution in [3.63, 3.8) is 0 Å². The standard InChI is InChI=1S/C17H23NO5/c1-13(2)10-15(19)11-16(20)22-9-8-18-17(21)23-12-14-6-4-3-5-7-14/h3-7,13H,8-12H2,1-2H3,(H,18,21). The molecule has 0 aliphatic carbocycles. The fourth-order valence-corrected chi connectivity index (χ4v) is 1.83. The van der Waals surface area contributed by atoms with Gasteiger partial charge in [0.15, 0.2) is 0 Å². The number of carbonyl (C=O) groups is 3. The lowest BCUT2D eigenvalue weighted by Gasteiger charge is -2.08. The molecule has 0 saturated heterocycles. The summed E-state index contributed by atoms with van der Waals surface area (Å²) in [4.78, 5) is 34.3. The number of alkyl carbamates (subject to hydrolysis) is 1. The molecular weight excluding hydrogens is 298 g/mol. The molecule has 0 bridgehead atoms. The molecule has 23 heavy (non-hydrogen) atoms. The Morgan fingerprint density at radius 3 is 2.43 bits per heavy atom. The number of amides is 1. The summed E-state index contributed by atoms with van der Waals surface area (Å²) in [7, 11) is 0. The van der Waals surface area contributed by atoms with Gasteiger partial charge in [0, 0.05) is 6.42 Å². The van der Waals surface area contributed by atoms with Crippen molar-refractivity contribution >= 4 is 17.8 Å². The largest absolute Gasteiger partial charge is 0.463 e. The molecule has 0 aliphatic heterocycles. The first-order chi connectivity index (χ1) is 11.0. The molecule has 0 spiro atoms. The van der Waals surface area contributed by atoms with Gasteiger partial charge in [0.05, 0.1) is 6.54 Å². The van der Waals surface area contributed by atoms with Crippen LogP contribution in [0.15, 0.2) is 30.3 Å². The van der Waals surface area contributed by atoms with E-state index in [0.29, 0.717) is 6.42 Å². The van der Waals surface area contributed by atoms with Crippen molar-refractivity contribution in [1.29, 1.82) is 0 Å². The number of esters is 1. The van der Waals surface area contributed by atoms with Crippen LogP contribution in [-0.2, 0) is 25.7 Å². The third kappa shape index (κ3) is 9.29. The maximum atomic E-state index is 11.4. The Bertz CT molecular complexity index is 513. The van der Waals surface area contributed by atoms with Crippen molar-refractivity contribution in [3.05, 3.63) is 35.9 Å². The summed E-state index contributed by atoms with van der Waals surface area (Å²) in [6, 6.07) is 9.30. The fraction of sp³-hybridized carbons (Fsp3) is 0.471. The Morgan fingerprint density at radius 2 is 1.78 bits per heavy atom. The maximum absolute atomic E-state index is 11.4.